The van der Waals surface area contributed by atoms with Gasteiger partial charge < -0.3 is 4.90 Å². The molecule has 0 spiro atoms. The molecule has 0 unspecified atom stereocenters. The zero-order valence-electron chi connectivity index (χ0n) is 10.5. The minimum absolute atomic E-state index is 0.191. The molecule has 1 saturated carbocycles. The van der Waals surface area contributed by atoms with Crippen LogP contribution >= 0.6 is 0 Å². The van der Waals surface area contributed by atoms with Crippen molar-refractivity contribution in [1.82, 2.24) is 4.90 Å². The number of amides is 1. The highest BCUT2D eigenvalue weighted by atomic mass is 16.2. The fourth-order valence-corrected chi connectivity index (χ4v) is 2.11. The Balaban J connectivity index is 1.84. The van der Waals surface area contributed by atoms with Gasteiger partial charge in [0.05, 0.1) is 12.5 Å². The molecular formula is C15H18N2O. The summed E-state index contributed by atoms with van der Waals surface area (Å²) in [5.74, 6) is 0.191. The summed E-state index contributed by atoms with van der Waals surface area (Å²) >= 11 is 0. The molecule has 1 aliphatic rings. The third-order valence-corrected chi connectivity index (χ3v) is 3.24. The van der Waals surface area contributed by atoms with E-state index < -0.39 is 0 Å². The Morgan fingerprint density at radius 2 is 2.06 bits per heavy atom. The lowest BCUT2D eigenvalue weighted by atomic mass is 10.1. The quantitative estimate of drug-likeness (QED) is 0.769. The van der Waals surface area contributed by atoms with Gasteiger partial charge in [0.25, 0.3) is 0 Å². The van der Waals surface area contributed by atoms with E-state index in [1.54, 1.807) is 0 Å². The van der Waals surface area contributed by atoms with Crippen LogP contribution in [0.4, 0.5) is 0 Å². The van der Waals surface area contributed by atoms with Crippen LogP contribution in [0.15, 0.2) is 30.3 Å². The second-order valence-corrected chi connectivity index (χ2v) is 4.71. The van der Waals surface area contributed by atoms with Crippen molar-refractivity contribution in [2.24, 2.45) is 0 Å². The minimum Gasteiger partial charge on any atom is -0.339 e. The number of aryl methyl sites for hydroxylation is 1. The Morgan fingerprint density at radius 3 is 2.67 bits per heavy atom. The van der Waals surface area contributed by atoms with E-state index in [2.05, 4.69) is 6.07 Å². The molecule has 0 atom stereocenters. The van der Waals surface area contributed by atoms with Crippen LogP contribution in [-0.4, -0.2) is 23.4 Å². The molecular weight excluding hydrogens is 224 g/mol. The number of nitriles is 1. The topological polar surface area (TPSA) is 44.1 Å². The molecule has 0 radical (unpaired) electrons. The predicted octanol–water partition coefficient (Wildman–Crippen LogP) is 2.52. The molecule has 0 N–H and O–H groups in total. The zero-order chi connectivity index (χ0) is 12.8. The molecule has 1 aromatic rings. The summed E-state index contributed by atoms with van der Waals surface area (Å²) in [4.78, 5) is 14.0. The molecule has 0 saturated heterocycles. The Labute approximate surface area is 108 Å². The first-order chi connectivity index (χ1) is 8.81. The summed E-state index contributed by atoms with van der Waals surface area (Å²) in [6.07, 6.45) is 3.97. The lowest BCUT2D eigenvalue weighted by Gasteiger charge is -2.21. The molecule has 1 fully saturated rings. The van der Waals surface area contributed by atoms with Gasteiger partial charge in [0, 0.05) is 19.0 Å². The normalized spacial score (nSPS) is 13.9. The van der Waals surface area contributed by atoms with Gasteiger partial charge >= 0.3 is 0 Å². The van der Waals surface area contributed by atoms with Crippen LogP contribution in [0.25, 0.3) is 0 Å². The fourth-order valence-electron chi connectivity index (χ4n) is 2.11. The van der Waals surface area contributed by atoms with Crippen LogP contribution in [0.1, 0.15) is 31.2 Å². The standard InChI is InChI=1S/C15H18N2O/c16-11-4-12-17(14-8-9-14)15(18)10-7-13-5-2-1-3-6-13/h1-3,5-6,14H,4,7-10,12H2. The predicted molar refractivity (Wildman–Crippen MR) is 69.7 cm³/mol. The van der Waals surface area contributed by atoms with E-state index in [-0.39, 0.29) is 5.91 Å². The second-order valence-electron chi connectivity index (χ2n) is 4.71. The molecule has 3 heteroatoms. The van der Waals surface area contributed by atoms with Crippen molar-refractivity contribution < 1.29 is 4.79 Å². The van der Waals surface area contributed by atoms with Crippen LogP contribution in [0.5, 0.6) is 0 Å². The highest BCUT2D eigenvalue weighted by Crippen LogP contribution is 2.27. The molecule has 1 aliphatic carbocycles. The molecule has 3 nitrogen and oxygen atoms in total. The van der Waals surface area contributed by atoms with E-state index in [0.717, 1.165) is 19.3 Å². The van der Waals surface area contributed by atoms with Gasteiger partial charge in [0.1, 0.15) is 0 Å². The second kappa shape index (κ2) is 6.20. The molecule has 1 amide bonds. The summed E-state index contributed by atoms with van der Waals surface area (Å²) in [6.45, 7) is 0.592. The molecule has 18 heavy (non-hydrogen) atoms. The van der Waals surface area contributed by atoms with E-state index in [4.69, 9.17) is 5.26 Å². The highest BCUT2D eigenvalue weighted by molar-refractivity contribution is 5.77. The SMILES string of the molecule is N#CCCN(C(=O)CCc1ccccc1)C1CC1. The Morgan fingerprint density at radius 1 is 1.33 bits per heavy atom. The lowest BCUT2D eigenvalue weighted by molar-refractivity contribution is -0.131. The number of carbonyl (C=O) groups is 1. The third-order valence-electron chi connectivity index (χ3n) is 3.24. The summed E-state index contributed by atoms with van der Waals surface area (Å²) in [6, 6.07) is 12.6. The van der Waals surface area contributed by atoms with Crippen LogP contribution in [-0.2, 0) is 11.2 Å². The molecule has 94 valence electrons. The van der Waals surface area contributed by atoms with Gasteiger partial charge in [-0.05, 0) is 24.8 Å². The Kier molecular flexibility index (Phi) is 4.35. The average Bonchev–Trinajstić information content (AvgIpc) is 3.22. The van der Waals surface area contributed by atoms with Crippen molar-refractivity contribution in [3.05, 3.63) is 35.9 Å². The van der Waals surface area contributed by atoms with Crippen molar-refractivity contribution in [3.63, 3.8) is 0 Å². The van der Waals surface area contributed by atoms with Crippen molar-refractivity contribution in [2.75, 3.05) is 6.54 Å². The van der Waals surface area contributed by atoms with Crippen molar-refractivity contribution in [3.8, 4) is 6.07 Å². The van der Waals surface area contributed by atoms with Crippen molar-refractivity contribution in [2.45, 2.75) is 38.1 Å². The van der Waals surface area contributed by atoms with E-state index in [0.29, 0.717) is 25.4 Å². The molecule has 2 rings (SSSR count). The van der Waals surface area contributed by atoms with Crippen molar-refractivity contribution in [1.29, 1.82) is 5.26 Å². The fraction of sp³-hybridized carbons (Fsp3) is 0.467. The summed E-state index contributed by atoms with van der Waals surface area (Å²) in [5.41, 5.74) is 1.20. The largest absolute Gasteiger partial charge is 0.339 e. The molecule has 1 aromatic carbocycles. The first-order valence-electron chi connectivity index (χ1n) is 6.51. The van der Waals surface area contributed by atoms with Gasteiger partial charge in [0.2, 0.25) is 5.91 Å². The number of benzene rings is 1. The monoisotopic (exact) mass is 242 g/mol. The summed E-state index contributed by atoms with van der Waals surface area (Å²) in [5, 5.41) is 8.62. The van der Waals surface area contributed by atoms with Gasteiger partial charge in [-0.1, -0.05) is 30.3 Å². The lowest BCUT2D eigenvalue weighted by Crippen LogP contribution is -2.34. The van der Waals surface area contributed by atoms with Gasteiger partial charge in [-0.25, -0.2) is 0 Å². The minimum atomic E-state index is 0.191. The van der Waals surface area contributed by atoms with E-state index in [1.165, 1.54) is 5.56 Å². The summed E-state index contributed by atoms with van der Waals surface area (Å²) in [7, 11) is 0. The Hall–Kier alpha value is -1.82. The Bertz CT molecular complexity index is 432. The average molecular weight is 242 g/mol. The summed E-state index contributed by atoms with van der Waals surface area (Å²) < 4.78 is 0. The van der Waals surface area contributed by atoms with Crippen LogP contribution in [0.3, 0.4) is 0 Å². The van der Waals surface area contributed by atoms with Crippen LogP contribution < -0.4 is 0 Å². The van der Waals surface area contributed by atoms with Gasteiger partial charge in [-0.3, -0.25) is 4.79 Å². The molecule has 0 bridgehead atoms. The molecule has 0 aliphatic heterocycles. The zero-order valence-corrected chi connectivity index (χ0v) is 10.5. The molecule has 0 heterocycles. The number of hydrogen-bond acceptors (Lipinski definition) is 2. The number of carbonyl (C=O) groups excluding carboxylic acids is 1. The number of nitrogens with zero attached hydrogens (tertiary/aromatic N) is 2. The van der Waals surface area contributed by atoms with E-state index in [1.807, 2.05) is 35.2 Å². The maximum Gasteiger partial charge on any atom is 0.223 e. The first-order valence-corrected chi connectivity index (χ1v) is 6.51. The van der Waals surface area contributed by atoms with Crippen LogP contribution in [0.2, 0.25) is 0 Å². The highest BCUT2D eigenvalue weighted by Gasteiger charge is 2.31. The van der Waals surface area contributed by atoms with Crippen molar-refractivity contribution >= 4 is 5.91 Å². The maximum atomic E-state index is 12.1. The maximum absolute atomic E-state index is 12.1. The third kappa shape index (κ3) is 3.59. The van der Waals surface area contributed by atoms with Gasteiger partial charge in [0.15, 0.2) is 0 Å². The smallest absolute Gasteiger partial charge is 0.223 e. The molecule has 0 aromatic heterocycles. The first kappa shape index (κ1) is 12.6. The van der Waals surface area contributed by atoms with E-state index >= 15 is 0 Å². The van der Waals surface area contributed by atoms with Crippen LogP contribution in [0, 0.1) is 11.3 Å². The van der Waals surface area contributed by atoms with E-state index in [9.17, 15) is 4.79 Å². The van der Waals surface area contributed by atoms with Gasteiger partial charge in [-0.2, -0.15) is 5.26 Å². The van der Waals surface area contributed by atoms with Gasteiger partial charge in [-0.15, -0.1) is 0 Å². The number of rotatable bonds is 6. The number of hydrogen-bond donors (Lipinski definition) is 0.